The van der Waals surface area contributed by atoms with E-state index in [1.165, 1.54) is 0 Å². The van der Waals surface area contributed by atoms with E-state index in [4.69, 9.17) is 0 Å². The van der Waals surface area contributed by atoms with E-state index >= 15 is 0 Å². The molecule has 0 heterocycles. The number of nitro benzene ring substituents is 2. The minimum absolute atomic E-state index is 0.0175. The summed E-state index contributed by atoms with van der Waals surface area (Å²) in [5, 5.41) is 22.9. The van der Waals surface area contributed by atoms with Crippen LogP contribution < -0.4 is 5.32 Å². The maximum absolute atomic E-state index is 13.7. The zero-order chi connectivity index (χ0) is 21.5. The molecule has 0 saturated carbocycles. The number of hydrogen-bond acceptors (Lipinski definition) is 5. The van der Waals surface area contributed by atoms with Gasteiger partial charge >= 0.3 is 6.18 Å². The van der Waals surface area contributed by atoms with Crippen LogP contribution in [0.2, 0.25) is 0 Å². The maximum Gasteiger partial charge on any atom is 0.418 e. The summed E-state index contributed by atoms with van der Waals surface area (Å²) < 4.78 is 106. The van der Waals surface area contributed by atoms with Crippen molar-refractivity contribution in [1.82, 2.24) is 0 Å². The van der Waals surface area contributed by atoms with Crippen LogP contribution in [0.25, 0.3) is 0 Å². The van der Waals surface area contributed by atoms with Gasteiger partial charge in [0.15, 0.2) is 23.3 Å². The largest absolute Gasteiger partial charge is 0.418 e. The van der Waals surface area contributed by atoms with Crippen molar-refractivity contribution in [2.24, 2.45) is 0 Å². The maximum atomic E-state index is 13.7. The molecule has 0 spiro atoms. The van der Waals surface area contributed by atoms with Crippen molar-refractivity contribution < 1.29 is 45.0 Å². The lowest BCUT2D eigenvalue weighted by molar-refractivity contribution is -0.394. The smallest absolute Gasteiger partial charge is 0.344 e. The summed E-state index contributed by atoms with van der Waals surface area (Å²) in [6.07, 6.45) is -5.54. The predicted octanol–water partition coefficient (Wildman–Crippen LogP) is 4.96. The Labute approximate surface area is 147 Å². The number of nitrogens with zero attached hydrogens (tertiary/aromatic N) is 2. The molecule has 0 saturated heterocycles. The van der Waals surface area contributed by atoms with Crippen molar-refractivity contribution in [1.29, 1.82) is 0 Å². The van der Waals surface area contributed by atoms with Crippen molar-refractivity contribution in [3.63, 3.8) is 0 Å². The van der Waals surface area contributed by atoms with Gasteiger partial charge in [-0.2, -0.15) is 13.2 Å². The summed E-state index contributed by atoms with van der Waals surface area (Å²) in [5.74, 6) is -12.9. The van der Waals surface area contributed by atoms with E-state index in [9.17, 15) is 55.4 Å². The second-order valence-corrected chi connectivity index (χ2v) is 4.97. The molecule has 0 aliphatic carbocycles. The van der Waals surface area contributed by atoms with Crippen LogP contribution in [0.15, 0.2) is 12.1 Å². The van der Waals surface area contributed by atoms with Crippen LogP contribution in [0.4, 0.5) is 57.9 Å². The Morgan fingerprint density at radius 2 is 1.21 bits per heavy atom. The van der Waals surface area contributed by atoms with E-state index in [0.717, 1.165) is 5.32 Å². The lowest BCUT2D eigenvalue weighted by Crippen LogP contribution is -2.14. The molecule has 28 heavy (non-hydrogen) atoms. The lowest BCUT2D eigenvalue weighted by atomic mass is 10.1. The van der Waals surface area contributed by atoms with E-state index in [2.05, 4.69) is 0 Å². The summed E-state index contributed by atoms with van der Waals surface area (Å²) in [7, 11) is 0. The van der Waals surface area contributed by atoms with Gasteiger partial charge in [-0.15, -0.1) is 0 Å². The Hall–Kier alpha value is -3.52. The molecule has 150 valence electrons. The zero-order valence-corrected chi connectivity index (χ0v) is 12.7. The van der Waals surface area contributed by atoms with Crippen LogP contribution >= 0.6 is 0 Å². The fourth-order valence-corrected chi connectivity index (χ4v) is 2.06. The molecule has 15 heteroatoms. The first-order valence-corrected chi connectivity index (χ1v) is 6.59. The second kappa shape index (κ2) is 6.90. The van der Waals surface area contributed by atoms with E-state index < -0.39 is 73.4 Å². The van der Waals surface area contributed by atoms with Gasteiger partial charge < -0.3 is 5.32 Å². The number of nitrogens with one attached hydrogen (secondary N) is 1. The van der Waals surface area contributed by atoms with Crippen molar-refractivity contribution in [2.45, 2.75) is 6.18 Å². The highest BCUT2D eigenvalue weighted by Gasteiger charge is 2.40. The van der Waals surface area contributed by atoms with E-state index in [0.29, 0.717) is 0 Å². The minimum atomic E-state index is -5.54. The normalized spacial score (nSPS) is 11.4. The monoisotopic (exact) mass is 417 g/mol. The molecule has 0 atom stereocenters. The van der Waals surface area contributed by atoms with Gasteiger partial charge in [-0.3, -0.25) is 20.2 Å². The van der Waals surface area contributed by atoms with Gasteiger partial charge in [0.25, 0.3) is 11.4 Å². The van der Waals surface area contributed by atoms with Crippen molar-refractivity contribution in [3.8, 4) is 0 Å². The van der Waals surface area contributed by atoms with Crippen LogP contribution in [0.3, 0.4) is 0 Å². The molecule has 0 amide bonds. The third-order valence-electron chi connectivity index (χ3n) is 3.28. The molecule has 0 aromatic heterocycles. The number of nitro groups is 2. The van der Waals surface area contributed by atoms with Gasteiger partial charge in [-0.1, -0.05) is 0 Å². The van der Waals surface area contributed by atoms with Gasteiger partial charge in [0, 0.05) is 6.07 Å². The Kier molecular flexibility index (Phi) is 5.12. The molecule has 7 nitrogen and oxygen atoms in total. The topological polar surface area (TPSA) is 98.3 Å². The van der Waals surface area contributed by atoms with E-state index in [1.807, 2.05) is 0 Å². The van der Waals surface area contributed by atoms with E-state index in [1.54, 1.807) is 0 Å². The molecule has 2 rings (SSSR count). The molecule has 0 aliphatic heterocycles. The fraction of sp³-hybridized carbons (Fsp3) is 0.0769. The van der Waals surface area contributed by atoms with Gasteiger partial charge in [-0.05, 0) is 0 Å². The van der Waals surface area contributed by atoms with E-state index in [-0.39, 0.29) is 12.1 Å². The molecule has 2 aromatic carbocycles. The fourth-order valence-electron chi connectivity index (χ4n) is 2.06. The van der Waals surface area contributed by atoms with Gasteiger partial charge in [-0.25, -0.2) is 22.0 Å². The Bertz CT molecular complexity index is 979. The molecular weight excluding hydrogens is 414 g/mol. The quantitative estimate of drug-likeness (QED) is 0.249. The first kappa shape index (κ1) is 20.8. The number of benzene rings is 2. The molecule has 0 fully saturated rings. The van der Waals surface area contributed by atoms with Crippen molar-refractivity contribution >= 4 is 22.7 Å². The first-order chi connectivity index (χ1) is 12.8. The third-order valence-corrected chi connectivity index (χ3v) is 3.28. The summed E-state index contributed by atoms with van der Waals surface area (Å²) in [4.78, 5) is 18.7. The Morgan fingerprint density at radius 1 is 0.750 bits per heavy atom. The highest BCUT2D eigenvalue weighted by molar-refractivity contribution is 5.76. The predicted molar refractivity (Wildman–Crippen MR) is 74.3 cm³/mol. The average Bonchev–Trinajstić information content (AvgIpc) is 2.60. The number of hydrogen-bond donors (Lipinski definition) is 1. The molecule has 0 aliphatic rings. The standard InChI is InChI=1S/C13H3F8N3O4/c14-6-7(15)9(17)12(10(18)8(6)16)22-11-4(13(19,20)21)1-3(23(25)26)2-5(11)24(27)28/h1-2,22H. The number of rotatable bonds is 4. The highest BCUT2D eigenvalue weighted by atomic mass is 19.4. The number of anilines is 2. The molecule has 0 unspecified atom stereocenters. The lowest BCUT2D eigenvalue weighted by Gasteiger charge is -2.16. The molecule has 1 N–H and O–H groups in total. The summed E-state index contributed by atoms with van der Waals surface area (Å²) in [6.45, 7) is 0. The summed E-state index contributed by atoms with van der Waals surface area (Å²) in [6, 6.07) is -0.189. The van der Waals surface area contributed by atoms with Crippen molar-refractivity contribution in [3.05, 3.63) is 67.0 Å². The molecule has 0 bridgehead atoms. The second-order valence-electron chi connectivity index (χ2n) is 4.97. The zero-order valence-electron chi connectivity index (χ0n) is 12.7. The first-order valence-electron chi connectivity index (χ1n) is 6.59. The minimum Gasteiger partial charge on any atom is -0.344 e. The number of halogens is 8. The summed E-state index contributed by atoms with van der Waals surface area (Å²) >= 11 is 0. The van der Waals surface area contributed by atoms with Crippen LogP contribution in [0.5, 0.6) is 0 Å². The summed E-state index contributed by atoms with van der Waals surface area (Å²) in [5.41, 5.74) is -9.00. The highest BCUT2D eigenvalue weighted by Crippen LogP contribution is 2.44. The van der Waals surface area contributed by atoms with Gasteiger partial charge in [0.2, 0.25) is 5.82 Å². The average molecular weight is 417 g/mol. The van der Waals surface area contributed by atoms with Crippen LogP contribution in [0, 0.1) is 49.3 Å². The van der Waals surface area contributed by atoms with Crippen LogP contribution in [-0.2, 0) is 6.18 Å². The molecular formula is C13H3F8N3O4. The van der Waals surface area contributed by atoms with Gasteiger partial charge in [0.1, 0.15) is 11.4 Å². The third kappa shape index (κ3) is 3.49. The number of alkyl halides is 3. The van der Waals surface area contributed by atoms with Gasteiger partial charge in [0.05, 0.1) is 21.5 Å². The molecule has 2 aromatic rings. The molecule has 0 radical (unpaired) electrons. The van der Waals surface area contributed by atoms with Crippen molar-refractivity contribution in [2.75, 3.05) is 5.32 Å². The SMILES string of the molecule is O=[N+]([O-])c1cc([N+](=O)[O-])c(Nc2c(F)c(F)c(F)c(F)c2F)c(C(F)(F)F)c1. The number of non-ortho nitro benzene ring substituents is 1. The Morgan fingerprint density at radius 3 is 1.61 bits per heavy atom. The van der Waals surface area contributed by atoms with Crippen LogP contribution in [-0.4, -0.2) is 9.85 Å². The van der Waals surface area contributed by atoms with Crippen LogP contribution in [0.1, 0.15) is 5.56 Å². The Balaban J connectivity index is 2.87.